The Balaban J connectivity index is 2.25. The topological polar surface area (TPSA) is 25.5 Å². The Morgan fingerprint density at radius 1 is 1.12 bits per heavy atom. The minimum atomic E-state index is 0.668. The van der Waals surface area contributed by atoms with Crippen LogP contribution in [0.3, 0.4) is 0 Å². The summed E-state index contributed by atoms with van der Waals surface area (Å²) in [5.41, 5.74) is 2.07. The maximum absolute atomic E-state index is 5.40. The molecule has 0 N–H and O–H groups in total. The predicted molar refractivity (Wildman–Crippen MR) is 80.2 cm³/mol. The second-order valence-electron chi connectivity index (χ2n) is 3.48. The van der Waals surface area contributed by atoms with E-state index < -0.39 is 0 Å². The average molecular weight is 422 g/mol. The molecule has 88 valence electrons. The molecule has 0 saturated heterocycles. The van der Waals surface area contributed by atoms with Crippen LogP contribution in [0.25, 0.3) is 0 Å². The number of hydrogen-bond donors (Lipinski definition) is 0. The van der Waals surface area contributed by atoms with Crippen LogP contribution in [-0.2, 0) is 0 Å². The fourth-order valence-corrected chi connectivity index (χ4v) is 2.48. The molecular formula is C12H8Br3NO. The SMILES string of the molecule is Cc1ccc(N=Cc2cc(Br)c(Br)o2)c(Br)c1. The van der Waals surface area contributed by atoms with Crippen LogP contribution in [0.5, 0.6) is 0 Å². The van der Waals surface area contributed by atoms with E-state index in [-0.39, 0.29) is 0 Å². The van der Waals surface area contributed by atoms with Crippen molar-refractivity contribution in [3.8, 4) is 0 Å². The molecule has 0 aliphatic rings. The summed E-state index contributed by atoms with van der Waals surface area (Å²) < 4.78 is 7.92. The second-order valence-corrected chi connectivity index (χ2v) is 5.91. The van der Waals surface area contributed by atoms with E-state index in [1.54, 1.807) is 6.21 Å². The Kier molecular flexibility index (Phi) is 4.22. The third kappa shape index (κ3) is 3.30. The lowest BCUT2D eigenvalue weighted by Gasteiger charge is -1.98. The molecule has 0 saturated carbocycles. The van der Waals surface area contributed by atoms with Crippen LogP contribution in [0.1, 0.15) is 11.3 Å². The molecule has 2 nitrogen and oxygen atoms in total. The molecule has 1 aromatic carbocycles. The molecule has 0 radical (unpaired) electrons. The summed E-state index contributed by atoms with van der Waals surface area (Å²) in [5.74, 6) is 0.691. The van der Waals surface area contributed by atoms with E-state index in [4.69, 9.17) is 4.42 Å². The first-order valence-electron chi connectivity index (χ1n) is 4.81. The maximum atomic E-state index is 5.40. The van der Waals surface area contributed by atoms with Crippen molar-refractivity contribution >= 4 is 59.7 Å². The van der Waals surface area contributed by atoms with Gasteiger partial charge in [0.2, 0.25) is 0 Å². The number of rotatable bonds is 2. The highest BCUT2D eigenvalue weighted by Crippen LogP contribution is 2.28. The molecule has 1 heterocycles. The van der Waals surface area contributed by atoms with Crippen LogP contribution in [-0.4, -0.2) is 6.21 Å². The Bertz CT molecular complexity index is 556. The third-order valence-electron chi connectivity index (χ3n) is 2.10. The lowest BCUT2D eigenvalue weighted by Crippen LogP contribution is -1.76. The molecule has 17 heavy (non-hydrogen) atoms. The second kappa shape index (κ2) is 5.50. The van der Waals surface area contributed by atoms with Gasteiger partial charge in [-0.05, 0) is 72.4 Å². The first-order valence-corrected chi connectivity index (χ1v) is 7.19. The monoisotopic (exact) mass is 419 g/mol. The molecule has 0 aliphatic carbocycles. The summed E-state index contributed by atoms with van der Waals surface area (Å²) in [5, 5.41) is 0. The lowest BCUT2D eigenvalue weighted by atomic mass is 10.2. The zero-order chi connectivity index (χ0) is 12.4. The normalized spacial score (nSPS) is 11.3. The van der Waals surface area contributed by atoms with Crippen LogP contribution in [0.2, 0.25) is 0 Å². The van der Waals surface area contributed by atoms with Crippen molar-refractivity contribution in [3.05, 3.63) is 49.2 Å². The number of hydrogen-bond acceptors (Lipinski definition) is 2. The van der Waals surface area contributed by atoms with Crippen molar-refractivity contribution in [1.29, 1.82) is 0 Å². The molecular weight excluding hydrogens is 414 g/mol. The molecule has 0 spiro atoms. The zero-order valence-electron chi connectivity index (χ0n) is 8.88. The Labute approximate surface area is 125 Å². The highest BCUT2D eigenvalue weighted by atomic mass is 79.9. The third-order valence-corrected chi connectivity index (χ3v) is 4.44. The van der Waals surface area contributed by atoms with Crippen molar-refractivity contribution in [2.75, 3.05) is 0 Å². The van der Waals surface area contributed by atoms with E-state index in [2.05, 4.69) is 52.8 Å². The molecule has 0 amide bonds. The average Bonchev–Trinajstić information content (AvgIpc) is 2.57. The van der Waals surface area contributed by atoms with Gasteiger partial charge in [-0.1, -0.05) is 6.07 Å². The van der Waals surface area contributed by atoms with Crippen LogP contribution in [0.15, 0.2) is 47.3 Å². The van der Waals surface area contributed by atoms with Gasteiger partial charge >= 0.3 is 0 Å². The fraction of sp³-hybridized carbons (Fsp3) is 0.0833. The summed E-state index contributed by atoms with van der Waals surface area (Å²) >= 11 is 10.1. The number of benzene rings is 1. The van der Waals surface area contributed by atoms with Crippen molar-refractivity contribution in [3.63, 3.8) is 0 Å². The summed E-state index contributed by atoms with van der Waals surface area (Å²) in [4.78, 5) is 4.36. The van der Waals surface area contributed by atoms with Crippen LogP contribution < -0.4 is 0 Å². The maximum Gasteiger partial charge on any atom is 0.184 e. The van der Waals surface area contributed by atoms with Crippen molar-refractivity contribution in [2.24, 2.45) is 4.99 Å². The largest absolute Gasteiger partial charge is 0.447 e. The Morgan fingerprint density at radius 3 is 2.47 bits per heavy atom. The van der Waals surface area contributed by atoms with Gasteiger partial charge in [-0.3, -0.25) is 4.99 Å². The van der Waals surface area contributed by atoms with Crippen LogP contribution in [0.4, 0.5) is 5.69 Å². The van der Waals surface area contributed by atoms with E-state index in [9.17, 15) is 0 Å². The first-order chi connectivity index (χ1) is 8.06. The predicted octanol–water partition coefficient (Wildman–Crippen LogP) is 5.63. The van der Waals surface area contributed by atoms with Gasteiger partial charge < -0.3 is 4.42 Å². The molecule has 0 fully saturated rings. The van der Waals surface area contributed by atoms with Gasteiger partial charge in [0.25, 0.3) is 0 Å². The quantitative estimate of drug-likeness (QED) is 0.577. The standard InChI is InChI=1S/C12H8Br3NO/c1-7-2-3-11(9(13)4-7)16-6-8-5-10(14)12(15)17-8/h2-6H,1H3. The zero-order valence-corrected chi connectivity index (χ0v) is 13.6. The van der Waals surface area contributed by atoms with Gasteiger partial charge in [0, 0.05) is 10.5 Å². The summed E-state index contributed by atoms with van der Waals surface area (Å²) in [6.45, 7) is 2.04. The van der Waals surface area contributed by atoms with Gasteiger partial charge in [0.15, 0.2) is 4.67 Å². The van der Waals surface area contributed by atoms with Crippen LogP contribution in [0, 0.1) is 6.92 Å². The van der Waals surface area contributed by atoms with Crippen molar-refractivity contribution < 1.29 is 4.42 Å². The van der Waals surface area contributed by atoms with Gasteiger partial charge in [-0.25, -0.2) is 0 Å². The Hall–Kier alpha value is -0.390. The van der Waals surface area contributed by atoms with E-state index in [0.717, 1.165) is 14.6 Å². The van der Waals surface area contributed by atoms with Gasteiger partial charge in [-0.2, -0.15) is 0 Å². The van der Waals surface area contributed by atoms with E-state index in [1.165, 1.54) is 5.56 Å². The van der Waals surface area contributed by atoms with E-state index in [0.29, 0.717) is 10.4 Å². The number of halogens is 3. The number of aliphatic imine (C=N–C) groups is 1. The molecule has 2 aromatic rings. The summed E-state index contributed by atoms with van der Waals surface area (Å²) in [6, 6.07) is 7.87. The van der Waals surface area contributed by atoms with Crippen molar-refractivity contribution in [1.82, 2.24) is 0 Å². The number of aryl methyl sites for hydroxylation is 1. The number of furan rings is 1. The minimum Gasteiger partial charge on any atom is -0.447 e. The molecule has 1 aromatic heterocycles. The Morgan fingerprint density at radius 2 is 1.88 bits per heavy atom. The van der Waals surface area contributed by atoms with Crippen LogP contribution >= 0.6 is 47.8 Å². The molecule has 0 bridgehead atoms. The lowest BCUT2D eigenvalue weighted by molar-refractivity contribution is 0.533. The van der Waals surface area contributed by atoms with Gasteiger partial charge in [0.1, 0.15) is 5.76 Å². The van der Waals surface area contributed by atoms with Gasteiger partial charge in [-0.15, -0.1) is 0 Å². The molecule has 2 rings (SSSR count). The molecule has 0 aliphatic heterocycles. The molecule has 0 unspecified atom stereocenters. The molecule has 0 atom stereocenters. The highest BCUT2D eigenvalue weighted by molar-refractivity contribution is 9.13. The summed E-state index contributed by atoms with van der Waals surface area (Å²) in [6.07, 6.45) is 1.69. The van der Waals surface area contributed by atoms with E-state index >= 15 is 0 Å². The van der Waals surface area contributed by atoms with Gasteiger partial charge in [0.05, 0.1) is 16.4 Å². The summed E-state index contributed by atoms with van der Waals surface area (Å²) in [7, 11) is 0. The molecule has 5 heteroatoms. The minimum absolute atomic E-state index is 0.668. The first kappa shape index (κ1) is 13.1. The number of nitrogens with zero attached hydrogens (tertiary/aromatic N) is 1. The smallest absolute Gasteiger partial charge is 0.184 e. The highest BCUT2D eigenvalue weighted by Gasteiger charge is 2.04. The van der Waals surface area contributed by atoms with Crippen molar-refractivity contribution in [2.45, 2.75) is 6.92 Å². The fourth-order valence-electron chi connectivity index (χ4n) is 1.28. The van der Waals surface area contributed by atoms with E-state index in [1.807, 2.05) is 31.2 Å².